The van der Waals surface area contributed by atoms with Gasteiger partial charge in [-0.3, -0.25) is 19.7 Å². The van der Waals surface area contributed by atoms with Crippen LogP contribution in [0.25, 0.3) is 11.0 Å². The normalized spacial score (nSPS) is 18.5. The van der Waals surface area contributed by atoms with Crippen LogP contribution in [0.5, 0.6) is 0 Å². The number of rotatable bonds is 7. The largest absolute Gasteiger partial charge is 0.325 e. The minimum atomic E-state index is -2.66. The molecule has 3 aromatic rings. The second-order valence-corrected chi connectivity index (χ2v) is 8.74. The number of aromatic nitrogens is 2. The number of imide groups is 1. The monoisotopic (exact) mass is 472 g/mol. The van der Waals surface area contributed by atoms with E-state index in [0.29, 0.717) is 41.3 Å². The molecule has 0 bridgehead atoms. The summed E-state index contributed by atoms with van der Waals surface area (Å²) in [6.07, 6.45) is 1.24. The molecule has 0 aliphatic carbocycles. The smallest absolute Gasteiger partial charge is 0.291 e. The number of imidazole rings is 1. The molecule has 2 aromatic carbocycles. The number of nitrogens with one attached hydrogen (secondary N) is 2. The van der Waals surface area contributed by atoms with Crippen molar-refractivity contribution in [2.45, 2.75) is 49.1 Å². The molecule has 3 amide bonds. The van der Waals surface area contributed by atoms with Gasteiger partial charge in [-0.2, -0.15) is 8.78 Å². The van der Waals surface area contributed by atoms with Crippen LogP contribution in [-0.2, 0) is 26.3 Å². The molecule has 0 saturated carbocycles. The van der Waals surface area contributed by atoms with Crippen LogP contribution < -0.4 is 10.6 Å². The van der Waals surface area contributed by atoms with E-state index in [1.165, 1.54) is 4.57 Å². The maximum Gasteiger partial charge on any atom is 0.291 e. The number of carbonyl (C=O) groups excluding carboxylic acids is 3. The molecule has 7 nitrogen and oxygen atoms in total. The molecular formula is C23H22F2N4O3S. The van der Waals surface area contributed by atoms with Crippen molar-refractivity contribution in [3.05, 3.63) is 54.1 Å². The quantitative estimate of drug-likeness (QED) is 0.399. The predicted octanol–water partition coefficient (Wildman–Crippen LogP) is 4.07. The van der Waals surface area contributed by atoms with Crippen molar-refractivity contribution in [3.8, 4) is 0 Å². The molecule has 0 spiro atoms. The van der Waals surface area contributed by atoms with Gasteiger partial charge in [0.2, 0.25) is 17.7 Å². The molecule has 4 rings (SSSR count). The third-order valence-corrected chi connectivity index (χ3v) is 6.61. The zero-order valence-electron chi connectivity index (χ0n) is 17.8. The van der Waals surface area contributed by atoms with Gasteiger partial charge in [-0.1, -0.05) is 31.2 Å². The lowest BCUT2D eigenvalue weighted by molar-refractivity contribution is -0.138. The molecule has 1 aromatic heterocycles. The maximum absolute atomic E-state index is 13.0. The van der Waals surface area contributed by atoms with E-state index < -0.39 is 17.1 Å². The number of nitrogens with zero attached hydrogens (tertiary/aromatic N) is 2. The average Bonchev–Trinajstić information content (AvgIpc) is 3.11. The van der Waals surface area contributed by atoms with Gasteiger partial charge >= 0.3 is 0 Å². The fraction of sp³-hybridized carbons (Fsp3) is 0.304. The minimum absolute atomic E-state index is 0.0689. The summed E-state index contributed by atoms with van der Waals surface area (Å²) in [5, 5.41) is 5.25. The molecule has 1 fully saturated rings. The Hall–Kier alpha value is -3.27. The summed E-state index contributed by atoms with van der Waals surface area (Å²) in [4.78, 5) is 41.0. The van der Waals surface area contributed by atoms with Gasteiger partial charge in [-0.25, -0.2) is 4.98 Å². The summed E-state index contributed by atoms with van der Waals surface area (Å²) in [7, 11) is 0. The number of halogens is 2. The second-order valence-electron chi connectivity index (χ2n) is 7.79. The number of anilines is 1. The number of carbonyl (C=O) groups is 3. The van der Waals surface area contributed by atoms with Crippen LogP contribution in [0.1, 0.15) is 31.7 Å². The van der Waals surface area contributed by atoms with Gasteiger partial charge in [0.1, 0.15) is 6.54 Å². The zero-order chi connectivity index (χ0) is 23.6. The van der Waals surface area contributed by atoms with E-state index >= 15 is 0 Å². The number of fused-ring (bicyclic) bond motifs is 1. The fourth-order valence-corrected chi connectivity index (χ4v) is 4.76. The minimum Gasteiger partial charge on any atom is -0.325 e. The lowest BCUT2D eigenvalue weighted by Crippen LogP contribution is -2.51. The zero-order valence-corrected chi connectivity index (χ0v) is 18.6. The van der Waals surface area contributed by atoms with E-state index in [4.69, 9.17) is 0 Å². The van der Waals surface area contributed by atoms with Gasteiger partial charge in [0.05, 0.1) is 16.4 Å². The molecule has 1 atom stereocenters. The van der Waals surface area contributed by atoms with Gasteiger partial charge in [-0.15, -0.1) is 0 Å². The van der Waals surface area contributed by atoms with Crippen molar-refractivity contribution in [1.29, 1.82) is 0 Å². The lowest BCUT2D eigenvalue weighted by Gasteiger charge is -2.35. The van der Waals surface area contributed by atoms with Crippen molar-refractivity contribution in [1.82, 2.24) is 14.9 Å². The van der Waals surface area contributed by atoms with Gasteiger partial charge in [0.15, 0.2) is 5.16 Å². The summed E-state index contributed by atoms with van der Waals surface area (Å²) in [6.45, 7) is 1.72. The highest BCUT2D eigenvalue weighted by molar-refractivity contribution is 7.99. The standard InChI is InChI=1S/C23H22F2N4O3S/c1-2-23(12-11-18(30)28-20(23)32)14-7-9-15(10-8-14)26-19(31)13-29-17-6-4-3-5-16(17)27-22(29)33-21(24)25/h3-10,21H,2,11-13H2,1H3,(H,26,31)(H,28,30,32). The topological polar surface area (TPSA) is 93.1 Å². The number of hydrogen-bond acceptors (Lipinski definition) is 5. The van der Waals surface area contributed by atoms with E-state index in [-0.39, 0.29) is 29.9 Å². The third kappa shape index (κ3) is 4.61. The SMILES string of the molecule is CCC1(c2ccc(NC(=O)Cn3c(SC(F)F)nc4ccccc43)cc2)CCC(=O)NC1=O. The van der Waals surface area contributed by atoms with Crippen LogP contribution in [0.4, 0.5) is 14.5 Å². The van der Waals surface area contributed by atoms with Crippen LogP contribution in [0.2, 0.25) is 0 Å². The Labute approximate surface area is 192 Å². The highest BCUT2D eigenvalue weighted by Crippen LogP contribution is 2.36. The first-order valence-electron chi connectivity index (χ1n) is 10.5. The van der Waals surface area contributed by atoms with E-state index in [2.05, 4.69) is 15.6 Å². The van der Waals surface area contributed by atoms with Gasteiger partial charge in [0.25, 0.3) is 5.76 Å². The second kappa shape index (κ2) is 9.30. The highest BCUT2D eigenvalue weighted by Gasteiger charge is 2.42. The molecule has 1 aliphatic heterocycles. The number of thioether (sulfide) groups is 1. The first kappa shape index (κ1) is 22.9. The van der Waals surface area contributed by atoms with Crippen LogP contribution >= 0.6 is 11.8 Å². The fourth-order valence-electron chi connectivity index (χ4n) is 4.16. The molecule has 1 aliphatic rings. The first-order chi connectivity index (χ1) is 15.8. The summed E-state index contributed by atoms with van der Waals surface area (Å²) in [5.74, 6) is -3.64. The Morgan fingerprint density at radius 3 is 2.61 bits per heavy atom. The molecule has 1 saturated heterocycles. The number of alkyl halides is 2. The number of hydrogen-bond donors (Lipinski definition) is 2. The van der Waals surface area contributed by atoms with Crippen molar-refractivity contribution in [2.24, 2.45) is 0 Å². The first-order valence-corrected chi connectivity index (χ1v) is 11.3. The number of piperidine rings is 1. The molecule has 10 heteroatoms. The average molecular weight is 473 g/mol. The molecular weight excluding hydrogens is 450 g/mol. The maximum atomic E-state index is 13.0. The molecule has 172 valence electrons. The van der Waals surface area contributed by atoms with Crippen molar-refractivity contribution in [3.63, 3.8) is 0 Å². The Balaban J connectivity index is 1.51. The van der Waals surface area contributed by atoms with Gasteiger partial charge in [0, 0.05) is 12.1 Å². The Morgan fingerprint density at radius 2 is 1.94 bits per heavy atom. The number of benzene rings is 2. The molecule has 2 N–H and O–H groups in total. The van der Waals surface area contributed by atoms with Gasteiger partial charge < -0.3 is 9.88 Å². The van der Waals surface area contributed by atoms with Crippen LogP contribution in [0.15, 0.2) is 53.7 Å². The van der Waals surface area contributed by atoms with E-state index in [9.17, 15) is 23.2 Å². The van der Waals surface area contributed by atoms with E-state index in [0.717, 1.165) is 5.56 Å². The molecule has 33 heavy (non-hydrogen) atoms. The van der Waals surface area contributed by atoms with Crippen molar-refractivity contribution in [2.75, 3.05) is 5.32 Å². The summed E-state index contributed by atoms with van der Waals surface area (Å²) >= 11 is 0.296. The number of amides is 3. The van der Waals surface area contributed by atoms with Crippen LogP contribution in [-0.4, -0.2) is 33.0 Å². The number of para-hydroxylation sites is 2. The molecule has 0 radical (unpaired) electrons. The molecule has 2 heterocycles. The molecule has 1 unspecified atom stereocenters. The third-order valence-electron chi connectivity index (χ3n) is 5.91. The van der Waals surface area contributed by atoms with E-state index in [1.807, 2.05) is 6.92 Å². The van der Waals surface area contributed by atoms with Gasteiger partial charge in [-0.05, 0) is 54.4 Å². The predicted molar refractivity (Wildman–Crippen MR) is 121 cm³/mol. The highest BCUT2D eigenvalue weighted by atomic mass is 32.2. The summed E-state index contributed by atoms with van der Waals surface area (Å²) in [6, 6.07) is 13.8. The Kier molecular flexibility index (Phi) is 6.46. The van der Waals surface area contributed by atoms with Crippen molar-refractivity contribution < 1.29 is 23.2 Å². The summed E-state index contributed by atoms with van der Waals surface area (Å²) < 4.78 is 27.4. The van der Waals surface area contributed by atoms with Crippen LogP contribution in [0.3, 0.4) is 0 Å². The Bertz CT molecular complexity index is 1210. The Morgan fingerprint density at radius 1 is 1.21 bits per heavy atom. The van der Waals surface area contributed by atoms with Crippen molar-refractivity contribution >= 4 is 46.2 Å². The lowest BCUT2D eigenvalue weighted by atomic mass is 9.72. The summed E-state index contributed by atoms with van der Waals surface area (Å²) in [5.41, 5.74) is 1.62. The van der Waals surface area contributed by atoms with Crippen LogP contribution in [0, 0.1) is 0 Å². The van der Waals surface area contributed by atoms with E-state index in [1.54, 1.807) is 48.5 Å².